The van der Waals surface area contributed by atoms with Crippen LogP contribution in [0.1, 0.15) is 27.2 Å². The molecule has 5 rings (SSSR count). The third-order valence-electron chi connectivity index (χ3n) is 5.90. The van der Waals surface area contributed by atoms with Gasteiger partial charge in [0.1, 0.15) is 0 Å². The number of nitrogens with one attached hydrogen (secondary N) is 1. The van der Waals surface area contributed by atoms with Gasteiger partial charge in [-0.05, 0) is 48.7 Å². The number of benzene rings is 3. The van der Waals surface area contributed by atoms with Crippen molar-refractivity contribution in [2.75, 3.05) is 11.9 Å². The second-order valence-electron chi connectivity index (χ2n) is 8.28. The Kier molecular flexibility index (Phi) is 5.77. The summed E-state index contributed by atoms with van der Waals surface area (Å²) < 4.78 is 33.0. The minimum atomic E-state index is -3.60. The van der Waals surface area contributed by atoms with Crippen molar-refractivity contribution in [3.05, 3.63) is 101 Å². The molecule has 1 amide bonds. The third-order valence-corrected chi connectivity index (χ3v) is 7.76. The zero-order valence-corrected chi connectivity index (χ0v) is 19.4. The first-order valence-electron chi connectivity index (χ1n) is 10.9. The summed E-state index contributed by atoms with van der Waals surface area (Å²) in [5.74, 6) is 0.110. The molecule has 0 atom stereocenters. The lowest BCUT2D eigenvalue weighted by atomic mass is 10.0. The number of carbonyl (C=O) groups is 1. The van der Waals surface area contributed by atoms with Crippen LogP contribution in [0.15, 0.2) is 88.3 Å². The van der Waals surface area contributed by atoms with Gasteiger partial charge in [0, 0.05) is 30.4 Å². The van der Waals surface area contributed by atoms with E-state index in [1.807, 2.05) is 55.5 Å². The molecule has 1 aliphatic heterocycles. The Labute approximate surface area is 198 Å². The minimum absolute atomic E-state index is 0.167. The Morgan fingerprint density at radius 3 is 2.50 bits per heavy atom. The van der Waals surface area contributed by atoms with Crippen molar-refractivity contribution >= 4 is 21.6 Å². The molecule has 1 aromatic heterocycles. The second-order valence-corrected chi connectivity index (χ2v) is 10.2. The van der Waals surface area contributed by atoms with Gasteiger partial charge in [-0.2, -0.15) is 4.31 Å². The highest BCUT2D eigenvalue weighted by atomic mass is 32.2. The van der Waals surface area contributed by atoms with Crippen LogP contribution in [0, 0.1) is 6.92 Å². The molecule has 0 radical (unpaired) electrons. The van der Waals surface area contributed by atoms with Crippen LogP contribution in [0.4, 0.5) is 5.69 Å². The third kappa shape index (κ3) is 4.37. The van der Waals surface area contributed by atoms with Gasteiger partial charge < -0.3 is 9.84 Å². The Morgan fingerprint density at radius 1 is 0.971 bits per heavy atom. The van der Waals surface area contributed by atoms with Crippen molar-refractivity contribution < 1.29 is 17.7 Å². The van der Waals surface area contributed by atoms with Gasteiger partial charge in [-0.1, -0.05) is 59.3 Å². The lowest BCUT2D eigenvalue weighted by Crippen LogP contribution is -2.36. The molecule has 0 saturated carbocycles. The fourth-order valence-electron chi connectivity index (χ4n) is 3.99. The van der Waals surface area contributed by atoms with E-state index in [9.17, 15) is 13.2 Å². The maximum Gasteiger partial charge on any atom is 0.277 e. The first-order valence-corrected chi connectivity index (χ1v) is 12.4. The smallest absolute Gasteiger partial charge is 0.277 e. The number of hydrogen-bond donors (Lipinski definition) is 1. The second kappa shape index (κ2) is 8.89. The van der Waals surface area contributed by atoms with Crippen LogP contribution in [0.5, 0.6) is 0 Å². The average molecular weight is 474 g/mol. The normalized spacial score (nSPS) is 13.9. The highest BCUT2D eigenvalue weighted by molar-refractivity contribution is 7.89. The van der Waals surface area contributed by atoms with Crippen LogP contribution in [0.3, 0.4) is 0 Å². The molecule has 1 aliphatic rings. The monoisotopic (exact) mass is 473 g/mol. The molecular weight excluding hydrogens is 450 g/mol. The van der Waals surface area contributed by atoms with Crippen molar-refractivity contribution in [1.82, 2.24) is 9.46 Å². The van der Waals surface area contributed by atoms with Gasteiger partial charge >= 0.3 is 0 Å². The standard InChI is InChI=1S/C26H23N3O4S/c1-18-7-11-23(12-8-18)34(31,32)29-14-13-19-9-10-22(15-21(19)17-29)27-26(30)24-16-25(33-28-24)20-5-3-2-4-6-20/h2-12,15-16H,13-14,17H2,1H3,(H,27,30). The molecule has 172 valence electrons. The van der Waals surface area contributed by atoms with Gasteiger partial charge in [-0.3, -0.25) is 4.79 Å². The van der Waals surface area contributed by atoms with Crippen molar-refractivity contribution in [3.63, 3.8) is 0 Å². The molecule has 3 aromatic carbocycles. The van der Waals surface area contributed by atoms with Crippen LogP contribution < -0.4 is 5.32 Å². The molecule has 2 heterocycles. The number of hydrogen-bond acceptors (Lipinski definition) is 5. The maximum absolute atomic E-state index is 13.1. The molecule has 0 fully saturated rings. The number of carbonyl (C=O) groups excluding carboxylic acids is 1. The van der Waals surface area contributed by atoms with Gasteiger partial charge in [0.05, 0.1) is 4.90 Å². The van der Waals surface area contributed by atoms with Crippen molar-refractivity contribution in [1.29, 1.82) is 0 Å². The van der Waals surface area contributed by atoms with Gasteiger partial charge in [0.2, 0.25) is 10.0 Å². The summed E-state index contributed by atoms with van der Waals surface area (Å²) >= 11 is 0. The number of nitrogens with zero attached hydrogens (tertiary/aromatic N) is 2. The highest BCUT2D eigenvalue weighted by Gasteiger charge is 2.28. The molecule has 1 N–H and O–H groups in total. The first kappa shape index (κ1) is 22.1. The zero-order valence-electron chi connectivity index (χ0n) is 18.6. The Hall–Kier alpha value is -3.75. The number of rotatable bonds is 5. The fraction of sp³-hybridized carbons (Fsp3) is 0.154. The van der Waals surface area contributed by atoms with E-state index in [1.165, 1.54) is 4.31 Å². The zero-order chi connectivity index (χ0) is 23.7. The lowest BCUT2D eigenvalue weighted by molar-refractivity contribution is 0.101. The minimum Gasteiger partial charge on any atom is -0.355 e. The molecule has 0 spiro atoms. The van der Waals surface area contributed by atoms with Gasteiger partial charge in [0.15, 0.2) is 11.5 Å². The Bertz CT molecular complexity index is 1450. The summed E-state index contributed by atoms with van der Waals surface area (Å²) in [4.78, 5) is 13.0. The molecular formula is C26H23N3O4S. The molecule has 7 nitrogen and oxygen atoms in total. The van der Waals surface area contributed by atoms with Gasteiger partial charge in [-0.15, -0.1) is 0 Å². The molecule has 8 heteroatoms. The summed E-state index contributed by atoms with van der Waals surface area (Å²) in [6.45, 7) is 2.58. The van der Waals surface area contributed by atoms with Crippen LogP contribution >= 0.6 is 0 Å². The summed E-state index contributed by atoms with van der Waals surface area (Å²) in [6.07, 6.45) is 0.609. The largest absolute Gasteiger partial charge is 0.355 e. The van der Waals surface area contributed by atoms with Crippen molar-refractivity contribution in [2.45, 2.75) is 24.8 Å². The van der Waals surface area contributed by atoms with Gasteiger partial charge in [-0.25, -0.2) is 8.42 Å². The topological polar surface area (TPSA) is 92.5 Å². The molecule has 0 unspecified atom stereocenters. The van der Waals surface area contributed by atoms with Crippen LogP contribution in [0.2, 0.25) is 0 Å². The lowest BCUT2D eigenvalue weighted by Gasteiger charge is -2.28. The summed E-state index contributed by atoms with van der Waals surface area (Å²) in [5.41, 5.74) is 4.51. The number of aromatic nitrogens is 1. The van der Waals surface area contributed by atoms with Crippen molar-refractivity contribution in [2.24, 2.45) is 0 Å². The summed E-state index contributed by atoms with van der Waals surface area (Å²) in [6, 6.07) is 23.5. The SMILES string of the molecule is Cc1ccc(S(=O)(=O)N2CCc3ccc(NC(=O)c4cc(-c5ccccc5)on4)cc3C2)cc1. The maximum atomic E-state index is 13.1. The van der Waals surface area contributed by atoms with Crippen LogP contribution in [-0.2, 0) is 23.0 Å². The number of anilines is 1. The van der Waals surface area contributed by atoms with E-state index in [1.54, 1.807) is 30.3 Å². The van der Waals surface area contributed by atoms with E-state index in [0.29, 0.717) is 24.4 Å². The van der Waals surface area contributed by atoms with E-state index < -0.39 is 15.9 Å². The molecule has 0 bridgehead atoms. The molecule has 0 saturated heterocycles. The van der Waals surface area contributed by atoms with Gasteiger partial charge in [0.25, 0.3) is 5.91 Å². The van der Waals surface area contributed by atoms with E-state index in [0.717, 1.165) is 22.3 Å². The van der Waals surface area contributed by atoms with E-state index in [4.69, 9.17) is 4.52 Å². The molecule has 0 aliphatic carbocycles. The molecule has 34 heavy (non-hydrogen) atoms. The predicted molar refractivity (Wildman–Crippen MR) is 129 cm³/mol. The highest BCUT2D eigenvalue weighted by Crippen LogP contribution is 2.28. The number of aryl methyl sites for hydroxylation is 1. The summed E-state index contributed by atoms with van der Waals surface area (Å²) in [5, 5.41) is 6.72. The average Bonchev–Trinajstić information content (AvgIpc) is 3.35. The van der Waals surface area contributed by atoms with E-state index in [2.05, 4.69) is 10.5 Å². The Morgan fingerprint density at radius 2 is 1.74 bits per heavy atom. The number of amides is 1. The summed E-state index contributed by atoms with van der Waals surface area (Å²) in [7, 11) is -3.60. The Balaban J connectivity index is 1.32. The predicted octanol–water partition coefficient (Wildman–Crippen LogP) is 4.65. The fourth-order valence-corrected chi connectivity index (χ4v) is 5.41. The van der Waals surface area contributed by atoms with E-state index >= 15 is 0 Å². The first-order chi connectivity index (χ1) is 16.4. The number of fused-ring (bicyclic) bond motifs is 1. The van der Waals surface area contributed by atoms with Crippen LogP contribution in [-0.4, -0.2) is 30.3 Å². The van der Waals surface area contributed by atoms with Crippen LogP contribution in [0.25, 0.3) is 11.3 Å². The number of sulfonamides is 1. The molecule has 4 aromatic rings. The van der Waals surface area contributed by atoms with E-state index in [-0.39, 0.29) is 17.1 Å². The van der Waals surface area contributed by atoms with Crippen molar-refractivity contribution in [3.8, 4) is 11.3 Å². The quantitative estimate of drug-likeness (QED) is 0.456.